The summed E-state index contributed by atoms with van der Waals surface area (Å²) >= 11 is 0. The summed E-state index contributed by atoms with van der Waals surface area (Å²) in [6.07, 6.45) is -0.840. The van der Waals surface area contributed by atoms with Crippen molar-refractivity contribution in [2.45, 2.75) is 52.1 Å². The van der Waals surface area contributed by atoms with E-state index in [0.717, 1.165) is 5.56 Å². The maximum Gasteiger partial charge on any atom is 0.171 e. The van der Waals surface area contributed by atoms with Gasteiger partial charge in [-0.1, -0.05) is 51.1 Å². The summed E-state index contributed by atoms with van der Waals surface area (Å²) in [6, 6.07) is 9.14. The third kappa shape index (κ3) is 4.73. The molecule has 0 radical (unpaired) electrons. The van der Waals surface area contributed by atoms with Crippen LogP contribution in [0.1, 0.15) is 32.4 Å². The second-order valence-corrected chi connectivity index (χ2v) is 8.77. The molecule has 0 saturated carbocycles. The highest BCUT2D eigenvalue weighted by Crippen LogP contribution is 2.30. The van der Waals surface area contributed by atoms with Gasteiger partial charge < -0.3 is 15.3 Å². The summed E-state index contributed by atoms with van der Waals surface area (Å²) in [5, 5.41) is 10.4. The number of hydrogen-bond donors (Lipinski definition) is 2. The van der Waals surface area contributed by atoms with Crippen molar-refractivity contribution in [3.8, 4) is 0 Å². The van der Waals surface area contributed by atoms with E-state index in [2.05, 4.69) is 33.9 Å². The van der Waals surface area contributed by atoms with Crippen LogP contribution >= 0.6 is 0 Å². The molecule has 0 aliphatic rings. The highest BCUT2D eigenvalue weighted by Gasteiger charge is 2.35. The Balaban J connectivity index is 2.90. The first-order valence-electron chi connectivity index (χ1n) is 6.87. The van der Waals surface area contributed by atoms with Gasteiger partial charge in [-0.05, 0) is 24.1 Å². The van der Waals surface area contributed by atoms with Crippen LogP contribution in [0.3, 0.4) is 0 Å². The molecule has 0 spiro atoms. The summed E-state index contributed by atoms with van der Waals surface area (Å²) in [7, 11) is -1.21. The van der Waals surface area contributed by atoms with Crippen LogP contribution in [0.15, 0.2) is 30.3 Å². The normalized spacial score (nSPS) is 17.3. The number of rotatable bonds is 5. The van der Waals surface area contributed by atoms with E-state index < -0.39 is 21.2 Å². The second kappa shape index (κ2) is 6.66. The number of benzene rings is 1. The molecule has 0 aliphatic heterocycles. The van der Waals surface area contributed by atoms with E-state index >= 15 is 0 Å². The molecule has 1 aromatic carbocycles. The minimum Gasteiger partial charge on any atom is -0.415 e. The first-order chi connectivity index (χ1) is 8.73. The van der Waals surface area contributed by atoms with Crippen molar-refractivity contribution < 1.29 is 9.53 Å². The topological polar surface area (TPSA) is 55.5 Å². The van der Waals surface area contributed by atoms with Crippen LogP contribution in [0.2, 0.25) is 13.1 Å². The van der Waals surface area contributed by atoms with Gasteiger partial charge in [0.25, 0.3) is 0 Å². The Kier molecular flexibility index (Phi) is 5.74. The number of aliphatic hydroxyl groups excluding tert-OH is 1. The average Bonchev–Trinajstić information content (AvgIpc) is 2.34. The van der Waals surface area contributed by atoms with Gasteiger partial charge in [0.2, 0.25) is 0 Å². The fourth-order valence-electron chi connectivity index (χ4n) is 2.20. The quantitative estimate of drug-likeness (QED) is 0.815. The van der Waals surface area contributed by atoms with Crippen LogP contribution < -0.4 is 5.73 Å². The third-order valence-electron chi connectivity index (χ3n) is 3.13. The van der Waals surface area contributed by atoms with E-state index in [1.54, 1.807) is 0 Å². The molecular formula is C15H27NO2Si. The monoisotopic (exact) mass is 281 g/mol. The van der Waals surface area contributed by atoms with Crippen molar-refractivity contribution in [2.75, 3.05) is 0 Å². The summed E-state index contributed by atoms with van der Waals surface area (Å²) < 4.78 is 6.07. The first kappa shape index (κ1) is 16.4. The van der Waals surface area contributed by atoms with Crippen LogP contribution in [0.5, 0.6) is 0 Å². The van der Waals surface area contributed by atoms with E-state index in [9.17, 15) is 5.11 Å². The van der Waals surface area contributed by atoms with Crippen LogP contribution in [0.25, 0.3) is 0 Å². The molecule has 1 aromatic rings. The zero-order valence-electron chi connectivity index (χ0n) is 12.6. The fraction of sp³-hybridized carbons (Fsp3) is 0.600. The van der Waals surface area contributed by atoms with Crippen molar-refractivity contribution in [2.24, 2.45) is 11.1 Å². The Morgan fingerprint density at radius 1 is 1.16 bits per heavy atom. The van der Waals surface area contributed by atoms with Gasteiger partial charge in [0.1, 0.15) is 0 Å². The second-order valence-electron chi connectivity index (χ2n) is 6.40. The number of hydrogen-bond acceptors (Lipinski definition) is 3. The average molecular weight is 281 g/mol. The molecule has 1 unspecified atom stereocenters. The predicted molar refractivity (Wildman–Crippen MR) is 82.6 cm³/mol. The lowest BCUT2D eigenvalue weighted by Crippen LogP contribution is -2.50. The van der Waals surface area contributed by atoms with Gasteiger partial charge in [-0.2, -0.15) is 0 Å². The highest BCUT2D eigenvalue weighted by molar-refractivity contribution is 6.48. The fourth-order valence-corrected chi connectivity index (χ4v) is 3.38. The third-order valence-corrected chi connectivity index (χ3v) is 3.97. The molecule has 108 valence electrons. The van der Waals surface area contributed by atoms with Crippen molar-refractivity contribution in [3.05, 3.63) is 35.9 Å². The molecule has 0 heterocycles. The molecule has 3 atom stereocenters. The SMILES string of the molecule is C[SiH](C)OC([C@@H](N)[C@@H](O)c1ccccc1)C(C)(C)C. The van der Waals surface area contributed by atoms with Crippen LogP contribution in [0.4, 0.5) is 0 Å². The van der Waals surface area contributed by atoms with Crippen molar-refractivity contribution in [1.29, 1.82) is 0 Å². The van der Waals surface area contributed by atoms with Crippen molar-refractivity contribution >= 4 is 9.04 Å². The minimum absolute atomic E-state index is 0.0908. The molecule has 0 bridgehead atoms. The van der Waals surface area contributed by atoms with Crippen LogP contribution in [0, 0.1) is 5.41 Å². The Labute approximate surface area is 118 Å². The largest absolute Gasteiger partial charge is 0.415 e. The molecule has 1 rings (SSSR count). The summed E-state index contributed by atoms with van der Waals surface area (Å²) in [5.74, 6) is 0. The first-order valence-corrected chi connectivity index (χ1v) is 9.65. The molecule has 4 heteroatoms. The molecule has 0 amide bonds. The smallest absolute Gasteiger partial charge is 0.171 e. The lowest BCUT2D eigenvalue weighted by atomic mass is 9.82. The Hall–Kier alpha value is -0.683. The van der Waals surface area contributed by atoms with E-state index in [0.29, 0.717) is 0 Å². The van der Waals surface area contributed by atoms with Crippen LogP contribution in [-0.4, -0.2) is 26.3 Å². The van der Waals surface area contributed by atoms with E-state index in [-0.39, 0.29) is 11.5 Å². The zero-order chi connectivity index (χ0) is 14.6. The van der Waals surface area contributed by atoms with Gasteiger partial charge in [0, 0.05) is 0 Å². The minimum atomic E-state index is -1.21. The molecule has 0 aliphatic carbocycles. The number of aliphatic hydroxyl groups is 1. The lowest BCUT2D eigenvalue weighted by Gasteiger charge is -2.38. The Morgan fingerprint density at radius 3 is 2.11 bits per heavy atom. The van der Waals surface area contributed by atoms with Gasteiger partial charge in [0.05, 0.1) is 18.2 Å². The summed E-state index contributed by atoms with van der Waals surface area (Å²) in [6.45, 7) is 10.6. The van der Waals surface area contributed by atoms with Gasteiger partial charge in [-0.3, -0.25) is 0 Å². The lowest BCUT2D eigenvalue weighted by molar-refractivity contribution is 0.00848. The number of nitrogens with two attached hydrogens (primary N) is 1. The van der Waals surface area contributed by atoms with E-state index in [1.165, 1.54) is 0 Å². The Morgan fingerprint density at radius 2 is 1.68 bits per heavy atom. The van der Waals surface area contributed by atoms with E-state index in [1.807, 2.05) is 30.3 Å². The molecule has 0 saturated heterocycles. The highest BCUT2D eigenvalue weighted by atomic mass is 28.3. The molecule has 19 heavy (non-hydrogen) atoms. The van der Waals surface area contributed by atoms with Gasteiger partial charge >= 0.3 is 0 Å². The molecule has 3 N–H and O–H groups in total. The van der Waals surface area contributed by atoms with Crippen LogP contribution in [-0.2, 0) is 4.43 Å². The maximum absolute atomic E-state index is 10.4. The van der Waals surface area contributed by atoms with Gasteiger partial charge in [0.15, 0.2) is 9.04 Å². The van der Waals surface area contributed by atoms with E-state index in [4.69, 9.17) is 10.2 Å². The summed E-state index contributed by atoms with van der Waals surface area (Å²) in [5.41, 5.74) is 7.03. The molecule has 0 aromatic heterocycles. The van der Waals surface area contributed by atoms with Crippen molar-refractivity contribution in [3.63, 3.8) is 0 Å². The van der Waals surface area contributed by atoms with Crippen molar-refractivity contribution in [1.82, 2.24) is 0 Å². The zero-order valence-corrected chi connectivity index (χ0v) is 13.8. The van der Waals surface area contributed by atoms with Gasteiger partial charge in [-0.25, -0.2) is 0 Å². The molecule has 0 fully saturated rings. The molecule has 3 nitrogen and oxygen atoms in total. The predicted octanol–water partition coefficient (Wildman–Crippen LogP) is 2.46. The Bertz CT molecular complexity index is 375. The molecular weight excluding hydrogens is 254 g/mol. The maximum atomic E-state index is 10.4. The summed E-state index contributed by atoms with van der Waals surface area (Å²) in [4.78, 5) is 0. The standard InChI is InChI=1S/C15H27NO2Si/c1-15(2,3)14(18-19(4)5)12(16)13(17)11-9-7-6-8-10-11/h6-10,12-14,17,19H,16H2,1-5H3/t12-,13-,14?/m0/s1. The van der Waals surface area contributed by atoms with Gasteiger partial charge in [-0.15, -0.1) is 0 Å².